The van der Waals surface area contributed by atoms with Crippen LogP contribution in [0, 0.1) is 23.7 Å². The molecule has 1 aliphatic rings. The molecule has 0 spiro atoms. The Labute approximate surface area is 119 Å². The Bertz CT molecular complexity index is 545. The molecule has 0 aromatic carbocycles. The molecule has 3 unspecified atom stereocenters. The van der Waals surface area contributed by atoms with Gasteiger partial charge < -0.3 is 10.4 Å². The zero-order valence-electron chi connectivity index (χ0n) is 11.9. The maximum Gasteiger partial charge on any atom is 0.271 e. The van der Waals surface area contributed by atoms with E-state index in [1.54, 1.807) is 18.3 Å². The second-order valence-corrected chi connectivity index (χ2v) is 5.35. The van der Waals surface area contributed by atoms with Gasteiger partial charge in [-0.15, -0.1) is 0 Å². The quantitative estimate of drug-likeness (QED) is 0.804. The predicted molar refractivity (Wildman–Crippen MR) is 77.0 cm³/mol. The summed E-state index contributed by atoms with van der Waals surface area (Å²) in [5, 5.41) is 11.8. The van der Waals surface area contributed by atoms with Gasteiger partial charge in [-0.2, -0.15) is 0 Å². The fourth-order valence-corrected chi connectivity index (χ4v) is 2.63. The first-order valence-electron chi connectivity index (χ1n) is 6.99. The van der Waals surface area contributed by atoms with E-state index in [1.807, 2.05) is 0 Å². The molecule has 1 aliphatic carbocycles. The van der Waals surface area contributed by atoms with Gasteiger partial charge >= 0.3 is 0 Å². The van der Waals surface area contributed by atoms with Crippen LogP contribution in [-0.4, -0.2) is 28.6 Å². The summed E-state index contributed by atoms with van der Waals surface area (Å²) in [7, 11) is 0. The summed E-state index contributed by atoms with van der Waals surface area (Å²) in [4.78, 5) is 16.5. The fourth-order valence-electron chi connectivity index (χ4n) is 2.63. The zero-order chi connectivity index (χ0) is 14.5. The minimum Gasteiger partial charge on any atom is -0.384 e. The van der Waals surface area contributed by atoms with Crippen molar-refractivity contribution in [3.8, 4) is 11.8 Å². The van der Waals surface area contributed by atoms with Crippen molar-refractivity contribution < 1.29 is 9.90 Å². The molecule has 0 aliphatic heterocycles. The second kappa shape index (κ2) is 6.53. The number of hydrogen-bond donors (Lipinski definition) is 2. The second-order valence-electron chi connectivity index (χ2n) is 5.35. The van der Waals surface area contributed by atoms with Crippen molar-refractivity contribution in [2.24, 2.45) is 11.8 Å². The van der Waals surface area contributed by atoms with Crippen LogP contribution in [0.15, 0.2) is 18.3 Å². The average molecular weight is 272 g/mol. The van der Waals surface area contributed by atoms with Crippen LogP contribution in [0.2, 0.25) is 0 Å². The molecule has 0 saturated heterocycles. The first kappa shape index (κ1) is 14.5. The lowest BCUT2D eigenvalue weighted by Crippen LogP contribution is -2.38. The van der Waals surface area contributed by atoms with E-state index in [9.17, 15) is 4.79 Å². The van der Waals surface area contributed by atoms with Crippen molar-refractivity contribution in [1.82, 2.24) is 10.3 Å². The van der Waals surface area contributed by atoms with E-state index >= 15 is 0 Å². The third kappa shape index (κ3) is 3.17. The number of nitrogens with zero attached hydrogens (tertiary/aromatic N) is 1. The third-order valence-corrected chi connectivity index (χ3v) is 4.11. The van der Waals surface area contributed by atoms with E-state index in [0.717, 1.165) is 12.8 Å². The number of carbonyl (C=O) groups is 1. The van der Waals surface area contributed by atoms with Crippen LogP contribution in [0.1, 0.15) is 42.7 Å². The fraction of sp³-hybridized carbons (Fsp3) is 0.500. The highest BCUT2D eigenvalue weighted by Gasteiger charge is 2.31. The molecule has 4 nitrogen and oxygen atoms in total. The number of aliphatic hydroxyl groups excluding tert-OH is 1. The molecule has 1 fully saturated rings. The highest BCUT2D eigenvalue weighted by molar-refractivity contribution is 5.94. The molecule has 1 aromatic heterocycles. The van der Waals surface area contributed by atoms with Gasteiger partial charge in [-0.05, 0) is 36.8 Å². The third-order valence-electron chi connectivity index (χ3n) is 4.11. The number of amides is 1. The van der Waals surface area contributed by atoms with E-state index < -0.39 is 0 Å². The number of nitrogens with one attached hydrogen (secondary N) is 1. The smallest absolute Gasteiger partial charge is 0.271 e. The molecule has 1 saturated carbocycles. The van der Waals surface area contributed by atoms with Gasteiger partial charge in [-0.3, -0.25) is 4.79 Å². The van der Waals surface area contributed by atoms with Gasteiger partial charge in [0.25, 0.3) is 5.91 Å². The molecule has 1 amide bonds. The molecule has 3 atom stereocenters. The molecule has 106 valence electrons. The van der Waals surface area contributed by atoms with E-state index in [2.05, 4.69) is 36.0 Å². The van der Waals surface area contributed by atoms with Gasteiger partial charge in [0.2, 0.25) is 0 Å². The first-order chi connectivity index (χ1) is 9.63. The summed E-state index contributed by atoms with van der Waals surface area (Å²) >= 11 is 0. The van der Waals surface area contributed by atoms with Crippen LogP contribution in [0.25, 0.3) is 0 Å². The summed E-state index contributed by atoms with van der Waals surface area (Å²) in [6.45, 7) is 4.16. The van der Waals surface area contributed by atoms with Gasteiger partial charge in [0.15, 0.2) is 0 Å². The van der Waals surface area contributed by atoms with Crippen LogP contribution in [-0.2, 0) is 0 Å². The highest BCUT2D eigenvalue weighted by Crippen LogP contribution is 2.31. The van der Waals surface area contributed by atoms with E-state index in [1.165, 1.54) is 0 Å². The summed E-state index contributed by atoms with van der Waals surface area (Å²) in [6, 6.07) is 3.68. The van der Waals surface area contributed by atoms with Gasteiger partial charge in [0, 0.05) is 12.2 Å². The lowest BCUT2D eigenvalue weighted by molar-refractivity contribution is 0.0922. The standard InChI is InChI=1S/C16H20N2O2/c1-11-7-8-14(12(11)2)18-16(20)15-13(6-4-10-19)5-3-9-17-15/h3,5,9,11-12,14,19H,7-8,10H2,1-2H3,(H,18,20). The van der Waals surface area contributed by atoms with Crippen molar-refractivity contribution in [2.75, 3.05) is 6.61 Å². The molecule has 4 heteroatoms. The average Bonchev–Trinajstić information content (AvgIpc) is 2.77. The van der Waals surface area contributed by atoms with E-state index in [0.29, 0.717) is 23.1 Å². The lowest BCUT2D eigenvalue weighted by atomic mass is 9.97. The van der Waals surface area contributed by atoms with E-state index in [4.69, 9.17) is 5.11 Å². The van der Waals surface area contributed by atoms with Crippen LogP contribution in [0.3, 0.4) is 0 Å². The Morgan fingerprint density at radius 2 is 2.30 bits per heavy atom. The van der Waals surface area contributed by atoms with Gasteiger partial charge in [0.1, 0.15) is 12.3 Å². The molecular weight excluding hydrogens is 252 g/mol. The minimum absolute atomic E-state index is 0.182. The molecule has 20 heavy (non-hydrogen) atoms. The number of rotatable bonds is 2. The Kier molecular flexibility index (Phi) is 4.75. The number of hydrogen-bond acceptors (Lipinski definition) is 3. The largest absolute Gasteiger partial charge is 0.384 e. The number of carbonyl (C=O) groups excluding carboxylic acids is 1. The molecule has 2 rings (SSSR count). The molecule has 0 radical (unpaired) electrons. The number of aromatic nitrogens is 1. The topological polar surface area (TPSA) is 62.2 Å². The Morgan fingerprint density at radius 3 is 2.95 bits per heavy atom. The summed E-state index contributed by atoms with van der Waals surface area (Å²) < 4.78 is 0. The molecular formula is C16H20N2O2. The predicted octanol–water partition coefficient (Wildman–Crippen LogP) is 1.59. The van der Waals surface area contributed by atoms with Crippen LogP contribution in [0.4, 0.5) is 0 Å². The molecule has 2 N–H and O–H groups in total. The van der Waals surface area contributed by atoms with Crippen molar-refractivity contribution >= 4 is 5.91 Å². The van der Waals surface area contributed by atoms with Gasteiger partial charge in [-0.25, -0.2) is 4.98 Å². The summed E-state index contributed by atoms with van der Waals surface area (Å²) in [5.74, 6) is 6.26. The number of pyridine rings is 1. The monoisotopic (exact) mass is 272 g/mol. The van der Waals surface area contributed by atoms with Crippen molar-refractivity contribution in [3.05, 3.63) is 29.6 Å². The molecule has 1 aromatic rings. The number of aliphatic hydroxyl groups is 1. The van der Waals surface area contributed by atoms with Gasteiger partial charge in [-0.1, -0.05) is 25.7 Å². The van der Waals surface area contributed by atoms with Crippen LogP contribution < -0.4 is 5.32 Å². The SMILES string of the molecule is CC1CCC(NC(=O)c2ncccc2C#CCO)C1C. The van der Waals surface area contributed by atoms with E-state index in [-0.39, 0.29) is 18.6 Å². The summed E-state index contributed by atoms with van der Waals surface area (Å²) in [6.07, 6.45) is 3.74. The molecule has 1 heterocycles. The maximum absolute atomic E-state index is 12.3. The zero-order valence-corrected chi connectivity index (χ0v) is 11.9. The van der Waals surface area contributed by atoms with Crippen molar-refractivity contribution in [3.63, 3.8) is 0 Å². The Balaban J connectivity index is 2.13. The first-order valence-corrected chi connectivity index (χ1v) is 6.99. The van der Waals surface area contributed by atoms with Crippen LogP contribution >= 0.6 is 0 Å². The van der Waals surface area contributed by atoms with Crippen LogP contribution in [0.5, 0.6) is 0 Å². The lowest BCUT2D eigenvalue weighted by Gasteiger charge is -2.19. The van der Waals surface area contributed by atoms with Crippen molar-refractivity contribution in [1.29, 1.82) is 0 Å². The Hall–Kier alpha value is -1.86. The highest BCUT2D eigenvalue weighted by atomic mass is 16.2. The van der Waals surface area contributed by atoms with Gasteiger partial charge in [0.05, 0.1) is 5.56 Å². The normalized spacial score (nSPS) is 24.9. The Morgan fingerprint density at radius 1 is 1.50 bits per heavy atom. The molecule has 0 bridgehead atoms. The van der Waals surface area contributed by atoms with Crippen molar-refractivity contribution in [2.45, 2.75) is 32.7 Å². The minimum atomic E-state index is -0.229. The summed E-state index contributed by atoms with van der Waals surface area (Å²) in [5.41, 5.74) is 0.887. The maximum atomic E-state index is 12.3.